The first-order valence-electron chi connectivity index (χ1n) is 8.35. The lowest BCUT2D eigenvalue weighted by Crippen LogP contribution is -2.60. The van der Waals surface area contributed by atoms with E-state index < -0.39 is 68.0 Å². The molecule has 0 aromatic rings. The molecular formula is C16H25NO10. The number of nitrogens with zero attached hydrogens (tertiary/aromatic N) is 1. The molecule has 154 valence electrons. The fraction of sp³-hybridized carbons (Fsp3) is 0.812. The van der Waals surface area contributed by atoms with Gasteiger partial charge in [0.05, 0.1) is 19.3 Å². The molecule has 2 aliphatic heterocycles. The van der Waals surface area contributed by atoms with E-state index in [-0.39, 0.29) is 6.61 Å². The lowest BCUT2D eigenvalue weighted by atomic mass is 9.99. The Balaban J connectivity index is 1.99. The molecule has 2 saturated heterocycles. The van der Waals surface area contributed by atoms with Crippen molar-refractivity contribution in [3.8, 4) is 6.07 Å². The van der Waals surface area contributed by atoms with Crippen molar-refractivity contribution < 1.29 is 49.6 Å². The highest BCUT2D eigenvalue weighted by Crippen LogP contribution is 2.25. The van der Waals surface area contributed by atoms with E-state index >= 15 is 0 Å². The molecule has 2 heterocycles. The number of hydrogen-bond donors (Lipinski definition) is 6. The Labute approximate surface area is 155 Å². The highest BCUT2D eigenvalue weighted by molar-refractivity contribution is 5.10. The van der Waals surface area contributed by atoms with E-state index in [9.17, 15) is 30.6 Å². The Morgan fingerprint density at radius 1 is 1.07 bits per heavy atom. The second-order valence-corrected chi connectivity index (χ2v) is 6.59. The summed E-state index contributed by atoms with van der Waals surface area (Å²) < 4.78 is 21.0. The van der Waals surface area contributed by atoms with Crippen molar-refractivity contribution in [3.63, 3.8) is 0 Å². The Bertz CT molecular complexity index is 554. The highest BCUT2D eigenvalue weighted by atomic mass is 16.7. The van der Waals surface area contributed by atoms with Crippen LogP contribution in [0, 0.1) is 11.3 Å². The molecule has 11 heteroatoms. The van der Waals surface area contributed by atoms with E-state index in [2.05, 4.69) is 6.58 Å². The fourth-order valence-electron chi connectivity index (χ4n) is 2.67. The zero-order valence-electron chi connectivity index (χ0n) is 14.7. The van der Waals surface area contributed by atoms with Gasteiger partial charge in [-0.3, -0.25) is 0 Å². The van der Waals surface area contributed by atoms with Crippen LogP contribution in [0.4, 0.5) is 0 Å². The summed E-state index contributed by atoms with van der Waals surface area (Å²) in [5.41, 5.74) is 0.355. The molecule has 0 spiro atoms. The Morgan fingerprint density at radius 3 is 2.30 bits per heavy atom. The minimum atomic E-state index is -1.65. The predicted octanol–water partition coefficient (Wildman–Crippen LogP) is -3.27. The molecule has 0 aromatic carbocycles. The van der Waals surface area contributed by atoms with Crippen LogP contribution in [-0.2, 0) is 18.9 Å². The third kappa shape index (κ3) is 5.01. The van der Waals surface area contributed by atoms with Crippen molar-refractivity contribution in [1.29, 1.82) is 5.26 Å². The van der Waals surface area contributed by atoms with Crippen LogP contribution < -0.4 is 0 Å². The largest absolute Gasteiger partial charge is 0.388 e. The molecule has 0 bridgehead atoms. The molecule has 0 radical (unpaired) electrons. The van der Waals surface area contributed by atoms with E-state index in [1.807, 2.05) is 6.07 Å². The summed E-state index contributed by atoms with van der Waals surface area (Å²) in [6, 6.07) is 1.82. The van der Waals surface area contributed by atoms with Gasteiger partial charge in [-0.05, 0) is 12.5 Å². The number of ether oxygens (including phenoxy) is 4. The van der Waals surface area contributed by atoms with Crippen molar-refractivity contribution in [2.24, 2.45) is 0 Å². The van der Waals surface area contributed by atoms with Gasteiger partial charge in [-0.1, -0.05) is 6.58 Å². The normalized spacial score (nSPS) is 43.7. The van der Waals surface area contributed by atoms with Gasteiger partial charge >= 0.3 is 0 Å². The minimum Gasteiger partial charge on any atom is -0.388 e. The van der Waals surface area contributed by atoms with Crippen molar-refractivity contribution in [1.82, 2.24) is 0 Å². The molecule has 0 amide bonds. The molecule has 11 nitrogen and oxygen atoms in total. The van der Waals surface area contributed by atoms with Gasteiger partial charge in [0.2, 0.25) is 0 Å². The number of hydrogen-bond acceptors (Lipinski definition) is 11. The van der Waals surface area contributed by atoms with Crippen LogP contribution in [0.25, 0.3) is 0 Å². The molecular weight excluding hydrogens is 366 g/mol. The Hall–Kier alpha value is -1.17. The van der Waals surface area contributed by atoms with E-state index in [0.29, 0.717) is 5.57 Å². The zero-order valence-corrected chi connectivity index (χ0v) is 14.7. The predicted molar refractivity (Wildman–Crippen MR) is 85.7 cm³/mol. The zero-order chi connectivity index (χ0) is 20.3. The third-order valence-corrected chi connectivity index (χ3v) is 4.38. The minimum absolute atomic E-state index is 0.271. The SMILES string of the molecule is C=C(C)[C@@H](C#N)O[C@H]1O[C@H](CO[C@@H]2OC[C@H](O)[C@H](O)[C@H]2O)[C@@H](O)[C@H](O)[C@H]1O. The van der Waals surface area contributed by atoms with Gasteiger partial charge in [-0.25, -0.2) is 0 Å². The number of aliphatic hydroxyl groups is 6. The van der Waals surface area contributed by atoms with E-state index in [0.717, 1.165) is 0 Å². The summed E-state index contributed by atoms with van der Waals surface area (Å²) in [4.78, 5) is 0. The van der Waals surface area contributed by atoms with Crippen LogP contribution in [0.2, 0.25) is 0 Å². The third-order valence-electron chi connectivity index (χ3n) is 4.38. The van der Waals surface area contributed by atoms with Crippen LogP contribution in [0.15, 0.2) is 12.2 Å². The summed E-state index contributed by atoms with van der Waals surface area (Å²) in [6.07, 6.45) is -14.1. The number of aliphatic hydroxyl groups excluding tert-OH is 6. The second-order valence-electron chi connectivity index (χ2n) is 6.59. The first-order chi connectivity index (χ1) is 12.7. The average Bonchev–Trinajstić information content (AvgIpc) is 2.64. The average molecular weight is 391 g/mol. The van der Waals surface area contributed by atoms with Crippen LogP contribution >= 0.6 is 0 Å². The lowest BCUT2D eigenvalue weighted by molar-refractivity contribution is -0.323. The van der Waals surface area contributed by atoms with Crippen LogP contribution in [0.5, 0.6) is 0 Å². The van der Waals surface area contributed by atoms with Gasteiger partial charge < -0.3 is 49.6 Å². The van der Waals surface area contributed by atoms with E-state index in [1.165, 1.54) is 6.92 Å². The molecule has 0 aromatic heterocycles. The first kappa shape index (κ1) is 22.1. The van der Waals surface area contributed by atoms with Crippen molar-refractivity contribution in [2.75, 3.05) is 13.2 Å². The maximum absolute atomic E-state index is 10.1. The quantitative estimate of drug-likeness (QED) is 0.250. The maximum atomic E-state index is 10.1. The number of nitriles is 1. The van der Waals surface area contributed by atoms with Gasteiger partial charge in [-0.15, -0.1) is 0 Å². The Kier molecular flexibility index (Phi) is 7.66. The van der Waals surface area contributed by atoms with Gasteiger partial charge in [0, 0.05) is 0 Å². The standard InChI is InChI=1S/C16H25NO10/c1-6(2)8(3-17)26-16-14(23)12(21)11(20)9(27-16)5-25-15-13(22)10(19)7(18)4-24-15/h7-16,18-23H,1,4-5H2,2H3/t7-,8+,9+,10-,11+,12-,13+,14+,15-,16-/m0/s1. The van der Waals surface area contributed by atoms with Crippen LogP contribution in [-0.4, -0.2) is 105 Å². The van der Waals surface area contributed by atoms with Gasteiger partial charge in [-0.2, -0.15) is 5.26 Å². The van der Waals surface area contributed by atoms with Crippen LogP contribution in [0.3, 0.4) is 0 Å². The van der Waals surface area contributed by atoms with Crippen molar-refractivity contribution in [3.05, 3.63) is 12.2 Å². The monoisotopic (exact) mass is 391 g/mol. The molecule has 27 heavy (non-hydrogen) atoms. The maximum Gasteiger partial charge on any atom is 0.188 e. The molecule has 6 N–H and O–H groups in total. The van der Waals surface area contributed by atoms with Crippen molar-refractivity contribution in [2.45, 2.75) is 68.3 Å². The van der Waals surface area contributed by atoms with Gasteiger partial charge in [0.15, 0.2) is 18.7 Å². The second kappa shape index (κ2) is 9.35. The first-order valence-corrected chi connectivity index (χ1v) is 8.35. The molecule has 2 aliphatic rings. The highest BCUT2D eigenvalue weighted by Gasteiger charge is 2.46. The van der Waals surface area contributed by atoms with Gasteiger partial charge in [0.25, 0.3) is 0 Å². The molecule has 2 fully saturated rings. The van der Waals surface area contributed by atoms with Gasteiger partial charge in [0.1, 0.15) is 42.7 Å². The fourth-order valence-corrected chi connectivity index (χ4v) is 2.67. The summed E-state index contributed by atoms with van der Waals surface area (Å²) in [5, 5.41) is 68.0. The van der Waals surface area contributed by atoms with Crippen LogP contribution in [0.1, 0.15) is 6.92 Å². The summed E-state index contributed by atoms with van der Waals surface area (Å²) in [7, 11) is 0. The molecule has 2 rings (SSSR count). The Morgan fingerprint density at radius 2 is 1.70 bits per heavy atom. The summed E-state index contributed by atoms with van der Waals surface area (Å²) in [5.74, 6) is 0. The smallest absolute Gasteiger partial charge is 0.188 e. The molecule has 0 unspecified atom stereocenters. The molecule has 10 atom stereocenters. The van der Waals surface area contributed by atoms with E-state index in [1.54, 1.807) is 0 Å². The summed E-state index contributed by atoms with van der Waals surface area (Å²) in [6.45, 7) is 4.44. The topological polar surface area (TPSA) is 182 Å². The number of rotatable bonds is 6. The summed E-state index contributed by atoms with van der Waals surface area (Å²) >= 11 is 0. The van der Waals surface area contributed by atoms with Crippen molar-refractivity contribution >= 4 is 0 Å². The van der Waals surface area contributed by atoms with E-state index in [4.69, 9.17) is 24.2 Å². The lowest BCUT2D eigenvalue weighted by Gasteiger charge is -2.41. The molecule has 0 saturated carbocycles. The molecule has 0 aliphatic carbocycles.